The van der Waals surface area contributed by atoms with Gasteiger partial charge in [-0.2, -0.15) is 13.5 Å². The average Bonchev–Trinajstić information content (AvgIpc) is 1.58. The van der Waals surface area contributed by atoms with Crippen molar-refractivity contribution in [1.82, 2.24) is 0 Å². The SMILES string of the molecule is Cc1cc(Br)c2c(c1)C1(CCC1)/C(=C\C=C\C1=[N+](Cc3ccc(C[N+]4=C(/C=C/C=C5/N(C)c6c(Br)cc(C)cc6C56CCC6)C(C)(C)c5c4ccc4ccccc54)cc3)c3ccc4ccccc4c3C1(C)C)N2C.O=S(=O)([O-])c1ccc2cc(SOO[O-])ccc2c1. The number of allylic oxidation sites excluding steroid dienone is 8. The largest absolute Gasteiger partial charge is 0.744 e. The maximum absolute atomic E-state index is 10.9. The molecule has 92 heavy (non-hydrogen) atoms. The summed E-state index contributed by atoms with van der Waals surface area (Å²) in [7, 11) is 0.0557. The topological polar surface area (TPSA) is 111 Å². The van der Waals surface area contributed by atoms with E-state index < -0.39 is 10.1 Å². The summed E-state index contributed by atoms with van der Waals surface area (Å²) in [5.74, 6) is 0. The normalized spacial score (nSPS) is 18.9. The lowest BCUT2D eigenvalue weighted by molar-refractivity contribution is -0.777. The third-order valence-corrected chi connectivity index (χ3v) is 23.3. The number of anilines is 2. The average molecular weight is 1390 g/mol. The number of hydrogen-bond donors (Lipinski definition) is 0. The van der Waals surface area contributed by atoms with Crippen molar-refractivity contribution in [2.75, 3.05) is 23.9 Å². The molecule has 15 rings (SSSR count). The summed E-state index contributed by atoms with van der Waals surface area (Å²) in [5.41, 5.74) is 21.5. The highest BCUT2D eigenvalue weighted by molar-refractivity contribution is 9.11. The van der Waals surface area contributed by atoms with Crippen molar-refractivity contribution < 1.29 is 36.8 Å². The number of likely N-dealkylation sites (N-methyl/N-ethyl adjacent to an activating group) is 2. The van der Waals surface area contributed by atoms with Crippen LogP contribution < -0.4 is 15.1 Å². The fourth-order valence-corrected chi connectivity index (χ4v) is 18.7. The number of rotatable bonds is 12. The van der Waals surface area contributed by atoms with E-state index in [0.29, 0.717) is 15.7 Å². The van der Waals surface area contributed by atoms with Crippen molar-refractivity contribution >= 4 is 121 Å². The number of hydrogen-bond acceptors (Lipinski definition) is 9. The van der Waals surface area contributed by atoms with Crippen LogP contribution in [-0.2, 0) is 54.2 Å². The first-order valence-electron chi connectivity index (χ1n) is 31.5. The second-order valence-electron chi connectivity index (χ2n) is 26.8. The van der Waals surface area contributed by atoms with Crippen molar-refractivity contribution in [3.8, 4) is 0 Å². The minimum atomic E-state index is -4.46. The van der Waals surface area contributed by atoms with Crippen molar-refractivity contribution in [2.24, 2.45) is 0 Å². The van der Waals surface area contributed by atoms with Crippen LogP contribution >= 0.6 is 43.9 Å². The predicted octanol–water partition coefficient (Wildman–Crippen LogP) is 18.3. The first kappa shape index (κ1) is 62.2. The van der Waals surface area contributed by atoms with Crippen molar-refractivity contribution in [1.29, 1.82) is 0 Å². The summed E-state index contributed by atoms with van der Waals surface area (Å²) in [4.78, 5) is 5.22. The van der Waals surface area contributed by atoms with E-state index in [4.69, 9.17) is 0 Å². The summed E-state index contributed by atoms with van der Waals surface area (Å²) < 4.78 is 44.3. The van der Waals surface area contributed by atoms with Gasteiger partial charge < -0.3 is 19.6 Å². The Morgan fingerprint density at radius 2 is 1.00 bits per heavy atom. The number of fused-ring (bicyclic) bond motifs is 11. The lowest BCUT2D eigenvalue weighted by Gasteiger charge is -2.41. The molecule has 0 amide bonds. The third kappa shape index (κ3) is 10.4. The lowest BCUT2D eigenvalue weighted by Crippen LogP contribution is -2.36. The van der Waals surface area contributed by atoms with Crippen LogP contribution in [0.2, 0.25) is 0 Å². The van der Waals surface area contributed by atoms with Crippen molar-refractivity contribution in [3.05, 3.63) is 259 Å². The predicted molar refractivity (Wildman–Crippen MR) is 378 cm³/mol. The molecule has 2 fully saturated rings. The zero-order valence-corrected chi connectivity index (χ0v) is 57.7. The molecule has 4 aliphatic heterocycles. The Balaban J connectivity index is 0.000000352. The van der Waals surface area contributed by atoms with Crippen molar-refractivity contribution in [3.63, 3.8) is 0 Å². The van der Waals surface area contributed by atoms with Gasteiger partial charge in [-0.15, -0.1) is 0 Å². The summed E-state index contributed by atoms with van der Waals surface area (Å²) in [6.45, 7) is 15.7. The molecule has 10 nitrogen and oxygen atoms in total. The van der Waals surface area contributed by atoms with Crippen LogP contribution in [0.25, 0.3) is 32.3 Å². The van der Waals surface area contributed by atoms with Gasteiger partial charge in [-0.05, 0) is 214 Å². The summed E-state index contributed by atoms with van der Waals surface area (Å²) in [6.07, 6.45) is 21.7. The van der Waals surface area contributed by atoms with Gasteiger partial charge in [0.15, 0.2) is 24.5 Å². The second kappa shape index (κ2) is 23.6. The Morgan fingerprint density at radius 1 is 0.565 bits per heavy atom. The van der Waals surface area contributed by atoms with Crippen LogP contribution in [0, 0.1) is 13.8 Å². The Bertz CT molecular complexity index is 4630. The molecule has 0 saturated heterocycles. The minimum Gasteiger partial charge on any atom is -0.744 e. The van der Waals surface area contributed by atoms with Crippen molar-refractivity contribution in [2.45, 2.75) is 125 Å². The third-order valence-electron chi connectivity index (χ3n) is 20.7. The standard InChI is InChI=1S/C68H66Br2N4.C10H8O6S2/c1-43-37-51-63(53(69)39-43)71(7)59(67(51)33-15-34-67)23-13-21-57-65(3,4)61-49-19-11-9-17-47(49)29-31-55(61)73(57)41-45-25-27-46(28-26-45)42-74-56-32-30-48-18-10-12-20-50(48)62(56)66(5,6)58(74)22-14-24-60-68(35-16-36-68)52-38-44(2)40-54(70)64(52)72(60)8;11-15-16-17-9-3-1-8-6-10(18(12,13)14)4-2-7(8)5-9/h9-14,17-32,37-40H,15-16,33-36,41-42H2,1-8H3;1-6,11H,(H,12,13,14)/q+2;/p-2. The van der Waals surface area contributed by atoms with Crippen LogP contribution in [0.1, 0.15) is 111 Å². The van der Waals surface area contributed by atoms with Crippen LogP contribution in [0.15, 0.2) is 224 Å². The molecule has 9 aromatic carbocycles. The fraction of sp³-hybridized carbons (Fsp3) is 0.256. The van der Waals surface area contributed by atoms with Crippen LogP contribution in [-0.4, -0.2) is 47.6 Å². The number of aryl methyl sites for hydroxylation is 2. The molecule has 0 atom stereocenters. The van der Waals surface area contributed by atoms with Gasteiger partial charge in [-0.25, -0.2) is 8.42 Å². The highest BCUT2D eigenvalue weighted by Gasteiger charge is 2.53. The minimum absolute atomic E-state index is 0.0856. The molecule has 4 heterocycles. The molecule has 2 spiro atoms. The number of nitrogens with zero attached hydrogens (tertiary/aromatic N) is 4. The van der Waals surface area contributed by atoms with E-state index in [9.17, 15) is 18.2 Å². The molecule has 2 saturated carbocycles. The van der Waals surface area contributed by atoms with Gasteiger partial charge in [0, 0.05) is 96.7 Å². The molecule has 9 aromatic rings. The van der Waals surface area contributed by atoms with Crippen LogP contribution in [0.4, 0.5) is 22.7 Å². The molecule has 0 aromatic heterocycles. The second-order valence-corrected chi connectivity index (χ2v) is 30.7. The quantitative estimate of drug-likeness (QED) is 0.0388. The van der Waals surface area contributed by atoms with Gasteiger partial charge in [0.1, 0.15) is 10.1 Å². The summed E-state index contributed by atoms with van der Waals surface area (Å²) in [6, 6.07) is 55.0. The fourth-order valence-electron chi connectivity index (χ4n) is 16.1. The molecule has 0 bridgehead atoms. The molecule has 14 heteroatoms. The molecular weight excluding hydrogens is 1310 g/mol. The smallest absolute Gasteiger partial charge is 0.210 e. The first-order chi connectivity index (χ1) is 44.1. The van der Waals surface area contributed by atoms with E-state index >= 15 is 0 Å². The van der Waals surface area contributed by atoms with E-state index in [1.807, 2.05) is 0 Å². The monoisotopic (exact) mass is 1380 g/mol. The molecular formula is C78H72Br2N4O6S2. The van der Waals surface area contributed by atoms with Gasteiger partial charge in [-0.3, -0.25) is 5.04 Å². The van der Waals surface area contributed by atoms with E-state index in [2.05, 4.69) is 274 Å². The van der Waals surface area contributed by atoms with E-state index in [-0.39, 0.29) is 26.6 Å². The van der Waals surface area contributed by atoms with E-state index in [0.717, 1.165) is 25.1 Å². The van der Waals surface area contributed by atoms with Gasteiger partial charge in [0.2, 0.25) is 11.4 Å². The first-order valence-corrected chi connectivity index (χ1v) is 35.3. The van der Waals surface area contributed by atoms with Crippen LogP contribution in [0.3, 0.4) is 0 Å². The van der Waals surface area contributed by atoms with Gasteiger partial charge in [0.05, 0.1) is 39.1 Å². The molecule has 6 aliphatic rings. The highest BCUT2D eigenvalue weighted by atomic mass is 79.9. The zero-order valence-electron chi connectivity index (χ0n) is 52.9. The molecule has 0 unspecified atom stereocenters. The van der Waals surface area contributed by atoms with Gasteiger partial charge in [0.25, 0.3) is 0 Å². The summed E-state index contributed by atoms with van der Waals surface area (Å²) in [5, 5.41) is 19.4. The Hall–Kier alpha value is -7.24. The zero-order chi connectivity index (χ0) is 64.2. The maximum Gasteiger partial charge on any atom is 0.210 e. The molecule has 0 radical (unpaired) electrons. The Labute approximate surface area is 560 Å². The number of benzene rings is 9. The molecule has 2 aliphatic carbocycles. The Morgan fingerprint density at radius 3 is 1.43 bits per heavy atom. The molecule has 466 valence electrons. The highest BCUT2D eigenvalue weighted by Crippen LogP contribution is 2.61. The number of halogens is 2. The Kier molecular flexibility index (Phi) is 16.0. The van der Waals surface area contributed by atoms with Gasteiger partial charge >= 0.3 is 0 Å². The lowest BCUT2D eigenvalue weighted by atomic mass is 9.63. The van der Waals surface area contributed by atoms with E-state index in [1.54, 1.807) is 18.2 Å². The van der Waals surface area contributed by atoms with E-state index in [1.165, 1.54) is 177 Å². The van der Waals surface area contributed by atoms with Crippen LogP contribution in [0.5, 0.6) is 0 Å². The maximum atomic E-state index is 10.9. The van der Waals surface area contributed by atoms with Gasteiger partial charge in [-0.1, -0.05) is 122 Å². The summed E-state index contributed by atoms with van der Waals surface area (Å²) >= 11 is 8.65. The molecule has 0 N–H and O–H groups in total.